The average molecular weight is 260 g/mol. The number of ether oxygens (including phenoxy) is 3. The summed E-state index contributed by atoms with van der Waals surface area (Å²) in [5.74, 6) is 2.14. The molecule has 5 heteroatoms. The van der Waals surface area contributed by atoms with Crippen molar-refractivity contribution in [2.24, 2.45) is 11.1 Å². The number of nitriles is 1. The Labute approximate surface area is 111 Å². The van der Waals surface area contributed by atoms with Crippen LogP contribution in [0.3, 0.4) is 0 Å². The number of nitrogens with zero attached hydrogens (tertiary/aromatic N) is 1. The number of rotatable bonds is 5. The monoisotopic (exact) mass is 260 g/mol. The SMILES string of the molecule is N#CCC1(COc2cc3c(cc2CN)OCO3)CC1. The van der Waals surface area contributed by atoms with Gasteiger partial charge in [0.1, 0.15) is 5.75 Å². The van der Waals surface area contributed by atoms with Crippen molar-refractivity contribution in [3.05, 3.63) is 17.7 Å². The average Bonchev–Trinajstić information content (AvgIpc) is 3.03. The van der Waals surface area contributed by atoms with E-state index >= 15 is 0 Å². The molecule has 1 fully saturated rings. The molecule has 0 bridgehead atoms. The summed E-state index contributed by atoms with van der Waals surface area (Å²) in [5, 5.41) is 8.80. The van der Waals surface area contributed by atoms with E-state index in [9.17, 15) is 0 Å². The van der Waals surface area contributed by atoms with Gasteiger partial charge in [-0.25, -0.2) is 0 Å². The third-order valence-electron chi connectivity index (χ3n) is 3.72. The lowest BCUT2D eigenvalue weighted by atomic mass is 10.1. The third-order valence-corrected chi connectivity index (χ3v) is 3.72. The molecular weight excluding hydrogens is 244 g/mol. The molecule has 2 aliphatic rings. The van der Waals surface area contributed by atoms with E-state index in [1.54, 1.807) is 0 Å². The van der Waals surface area contributed by atoms with E-state index in [2.05, 4.69) is 6.07 Å². The van der Waals surface area contributed by atoms with Crippen molar-refractivity contribution in [2.75, 3.05) is 13.4 Å². The molecular formula is C14H16N2O3. The maximum Gasteiger partial charge on any atom is 0.231 e. The number of nitrogens with two attached hydrogens (primary N) is 1. The van der Waals surface area contributed by atoms with Crippen molar-refractivity contribution in [1.29, 1.82) is 5.26 Å². The number of benzene rings is 1. The highest BCUT2D eigenvalue weighted by Gasteiger charge is 2.43. The fourth-order valence-corrected chi connectivity index (χ4v) is 2.21. The molecule has 0 unspecified atom stereocenters. The van der Waals surface area contributed by atoms with Gasteiger partial charge in [-0.1, -0.05) is 0 Å². The molecule has 0 atom stereocenters. The second-order valence-corrected chi connectivity index (χ2v) is 5.14. The second-order valence-electron chi connectivity index (χ2n) is 5.14. The highest BCUT2D eigenvalue weighted by molar-refractivity contribution is 5.51. The summed E-state index contributed by atoms with van der Waals surface area (Å²) >= 11 is 0. The van der Waals surface area contributed by atoms with Crippen LogP contribution in [0.1, 0.15) is 24.8 Å². The molecule has 1 aromatic carbocycles. The van der Waals surface area contributed by atoms with E-state index in [-0.39, 0.29) is 12.2 Å². The van der Waals surface area contributed by atoms with Crippen LogP contribution >= 0.6 is 0 Å². The molecule has 0 amide bonds. The van der Waals surface area contributed by atoms with Crippen LogP contribution in [0, 0.1) is 16.7 Å². The molecule has 5 nitrogen and oxygen atoms in total. The first-order chi connectivity index (χ1) is 9.26. The van der Waals surface area contributed by atoms with Gasteiger partial charge in [0.25, 0.3) is 0 Å². The highest BCUT2D eigenvalue weighted by Crippen LogP contribution is 2.49. The summed E-state index contributed by atoms with van der Waals surface area (Å²) in [6, 6.07) is 5.92. The van der Waals surface area contributed by atoms with E-state index in [1.165, 1.54) is 0 Å². The number of fused-ring (bicyclic) bond motifs is 1. The van der Waals surface area contributed by atoms with Gasteiger partial charge in [-0.15, -0.1) is 0 Å². The summed E-state index contributed by atoms with van der Waals surface area (Å²) < 4.78 is 16.5. The smallest absolute Gasteiger partial charge is 0.231 e. The first-order valence-corrected chi connectivity index (χ1v) is 6.39. The molecule has 0 radical (unpaired) electrons. The molecule has 0 spiro atoms. The zero-order valence-corrected chi connectivity index (χ0v) is 10.6. The van der Waals surface area contributed by atoms with Crippen LogP contribution in [0.2, 0.25) is 0 Å². The minimum absolute atomic E-state index is 0.0526. The van der Waals surface area contributed by atoms with Gasteiger partial charge in [-0.2, -0.15) is 5.26 Å². The normalized spacial score (nSPS) is 17.9. The molecule has 19 heavy (non-hydrogen) atoms. The van der Waals surface area contributed by atoms with Crippen molar-refractivity contribution in [1.82, 2.24) is 0 Å². The molecule has 1 aliphatic heterocycles. The van der Waals surface area contributed by atoms with Gasteiger partial charge in [0.05, 0.1) is 12.7 Å². The Morgan fingerprint density at radius 1 is 1.32 bits per heavy atom. The van der Waals surface area contributed by atoms with Gasteiger partial charge in [0, 0.05) is 30.0 Å². The minimum atomic E-state index is 0.0526. The van der Waals surface area contributed by atoms with Crippen LogP contribution in [0.4, 0.5) is 0 Å². The van der Waals surface area contributed by atoms with Gasteiger partial charge in [-0.3, -0.25) is 0 Å². The molecule has 1 aliphatic carbocycles. The van der Waals surface area contributed by atoms with Crippen LogP contribution in [0.25, 0.3) is 0 Å². The van der Waals surface area contributed by atoms with E-state index in [0.29, 0.717) is 31.1 Å². The molecule has 1 saturated carbocycles. The maximum absolute atomic E-state index is 8.80. The first kappa shape index (κ1) is 12.1. The van der Waals surface area contributed by atoms with Gasteiger partial charge < -0.3 is 19.9 Å². The standard InChI is InChI=1S/C14H16N2O3/c15-4-3-14(1-2-14)8-17-11-6-13-12(18-9-19-13)5-10(11)7-16/h5-6H,1-3,7-9,16H2. The quantitative estimate of drug-likeness (QED) is 0.875. The fourth-order valence-electron chi connectivity index (χ4n) is 2.21. The summed E-state index contributed by atoms with van der Waals surface area (Å²) in [6.45, 7) is 1.19. The van der Waals surface area contributed by atoms with Gasteiger partial charge >= 0.3 is 0 Å². The van der Waals surface area contributed by atoms with Gasteiger partial charge in [0.2, 0.25) is 6.79 Å². The van der Waals surface area contributed by atoms with Crippen molar-refractivity contribution < 1.29 is 14.2 Å². The molecule has 0 aromatic heterocycles. The molecule has 2 N–H and O–H groups in total. The lowest BCUT2D eigenvalue weighted by Crippen LogP contribution is -2.13. The largest absolute Gasteiger partial charge is 0.492 e. The van der Waals surface area contributed by atoms with E-state index in [4.69, 9.17) is 25.2 Å². The lowest BCUT2D eigenvalue weighted by molar-refractivity contribution is 0.173. The minimum Gasteiger partial charge on any atom is -0.492 e. The van der Waals surface area contributed by atoms with Crippen LogP contribution in [0.15, 0.2) is 12.1 Å². The summed E-state index contributed by atoms with van der Waals surface area (Å²) in [6.07, 6.45) is 2.67. The zero-order valence-electron chi connectivity index (χ0n) is 10.6. The van der Waals surface area contributed by atoms with Crippen molar-refractivity contribution in [2.45, 2.75) is 25.8 Å². The summed E-state index contributed by atoms with van der Waals surface area (Å²) in [7, 11) is 0. The number of hydrogen-bond acceptors (Lipinski definition) is 5. The predicted octanol–water partition coefficient (Wildman–Crippen LogP) is 1.95. The fraction of sp³-hybridized carbons (Fsp3) is 0.500. The van der Waals surface area contributed by atoms with Gasteiger partial charge in [-0.05, 0) is 18.9 Å². The van der Waals surface area contributed by atoms with Crippen molar-refractivity contribution >= 4 is 0 Å². The van der Waals surface area contributed by atoms with E-state index in [0.717, 1.165) is 24.2 Å². The zero-order chi connectivity index (χ0) is 13.3. The Kier molecular flexibility index (Phi) is 2.96. The Balaban J connectivity index is 1.75. The van der Waals surface area contributed by atoms with Crippen LogP contribution in [-0.4, -0.2) is 13.4 Å². The molecule has 1 heterocycles. The summed E-state index contributed by atoms with van der Waals surface area (Å²) in [4.78, 5) is 0. The Morgan fingerprint density at radius 2 is 2.05 bits per heavy atom. The van der Waals surface area contributed by atoms with Crippen LogP contribution < -0.4 is 19.9 Å². The first-order valence-electron chi connectivity index (χ1n) is 6.39. The van der Waals surface area contributed by atoms with Crippen LogP contribution in [-0.2, 0) is 6.54 Å². The maximum atomic E-state index is 8.80. The Hall–Kier alpha value is -1.93. The van der Waals surface area contributed by atoms with Crippen molar-refractivity contribution in [3.63, 3.8) is 0 Å². The van der Waals surface area contributed by atoms with Crippen molar-refractivity contribution in [3.8, 4) is 23.3 Å². The lowest BCUT2D eigenvalue weighted by Gasteiger charge is -2.15. The Morgan fingerprint density at radius 3 is 2.68 bits per heavy atom. The van der Waals surface area contributed by atoms with E-state index < -0.39 is 0 Å². The highest BCUT2D eigenvalue weighted by atomic mass is 16.7. The molecule has 0 saturated heterocycles. The molecule has 100 valence electrons. The van der Waals surface area contributed by atoms with Crippen LogP contribution in [0.5, 0.6) is 17.2 Å². The summed E-state index contributed by atoms with van der Waals surface area (Å²) in [5.41, 5.74) is 6.68. The third kappa shape index (κ3) is 2.32. The second kappa shape index (κ2) is 4.63. The molecule has 1 aromatic rings. The number of hydrogen-bond donors (Lipinski definition) is 1. The van der Waals surface area contributed by atoms with Gasteiger partial charge in [0.15, 0.2) is 11.5 Å². The molecule has 3 rings (SSSR count). The topological polar surface area (TPSA) is 77.5 Å². The Bertz CT molecular complexity index is 532. The predicted molar refractivity (Wildman–Crippen MR) is 67.8 cm³/mol. The van der Waals surface area contributed by atoms with E-state index in [1.807, 2.05) is 12.1 Å².